The fourth-order valence-electron chi connectivity index (χ4n) is 4.26. The van der Waals surface area contributed by atoms with Crippen LogP contribution in [0, 0.1) is 11.7 Å². The third-order valence-corrected chi connectivity index (χ3v) is 9.34. The molecule has 4 rings (SSSR count). The fraction of sp³-hybridized carbons (Fsp3) is 0.435. The quantitative estimate of drug-likeness (QED) is 0.636. The Bertz CT molecular complexity index is 1210. The predicted octanol–water partition coefficient (Wildman–Crippen LogP) is 3.86. The van der Waals surface area contributed by atoms with E-state index in [2.05, 4.69) is 9.98 Å². The Morgan fingerprint density at radius 1 is 1.25 bits per heavy atom. The maximum absolute atomic E-state index is 14.9. The topological polar surface area (TPSA) is 102 Å². The molecule has 2 heterocycles. The molecule has 1 aromatic carbocycles. The molecular formula is C23H25ClFN3O3S. The van der Waals surface area contributed by atoms with Crippen molar-refractivity contribution in [2.45, 2.75) is 49.8 Å². The van der Waals surface area contributed by atoms with Crippen LogP contribution in [0.5, 0.6) is 0 Å². The van der Waals surface area contributed by atoms with Gasteiger partial charge in [-0.1, -0.05) is 30.5 Å². The smallest absolute Gasteiger partial charge is 0.185 e. The van der Waals surface area contributed by atoms with Crippen molar-refractivity contribution in [2.24, 2.45) is 16.6 Å². The van der Waals surface area contributed by atoms with Crippen LogP contribution in [-0.4, -0.2) is 35.5 Å². The van der Waals surface area contributed by atoms with Gasteiger partial charge in [0.1, 0.15) is 27.6 Å². The molecule has 0 radical (unpaired) electrons. The Kier molecular flexibility index (Phi) is 5.66. The number of ketones is 1. The van der Waals surface area contributed by atoms with Crippen LogP contribution in [0.2, 0.25) is 5.02 Å². The largest absolute Gasteiger partial charge is 0.386 e. The molecule has 1 aliphatic carbocycles. The van der Waals surface area contributed by atoms with Gasteiger partial charge in [0, 0.05) is 18.2 Å². The van der Waals surface area contributed by atoms with Crippen molar-refractivity contribution in [1.82, 2.24) is 4.98 Å². The third-order valence-electron chi connectivity index (χ3n) is 6.43. The number of hydrogen-bond donors (Lipinski definition) is 1. The van der Waals surface area contributed by atoms with E-state index in [4.69, 9.17) is 17.3 Å². The van der Waals surface area contributed by atoms with Crippen molar-refractivity contribution in [3.8, 4) is 0 Å². The van der Waals surface area contributed by atoms with Gasteiger partial charge in [0.2, 0.25) is 0 Å². The maximum Gasteiger partial charge on any atom is 0.185 e. The van der Waals surface area contributed by atoms with Gasteiger partial charge in [-0.05, 0) is 56.0 Å². The zero-order chi connectivity index (χ0) is 23.3. The van der Waals surface area contributed by atoms with E-state index in [1.807, 2.05) is 0 Å². The summed E-state index contributed by atoms with van der Waals surface area (Å²) in [6.45, 7) is 3.18. The number of halogens is 2. The standard InChI is InChI=1S/C23H25ClFN3O3S/c1-22(13-32(30,31)23(2,21(26)28-22)11-14-3-4-14)17-9-15(5-7-18(17)25)10-20(29)19-8-6-16(24)12-27-19/h5-9,12,14H,3-4,10-11,13H2,1-2H3,(H2,26,28)/t22-,23+/m0/s1. The minimum absolute atomic E-state index is 0.0180. The van der Waals surface area contributed by atoms with Crippen molar-refractivity contribution < 1.29 is 17.6 Å². The van der Waals surface area contributed by atoms with Crippen molar-refractivity contribution in [1.29, 1.82) is 0 Å². The monoisotopic (exact) mass is 477 g/mol. The average molecular weight is 478 g/mol. The Hall–Kier alpha value is -2.32. The molecule has 6 nitrogen and oxygen atoms in total. The lowest BCUT2D eigenvalue weighted by molar-refractivity contribution is 0.0988. The SMILES string of the molecule is C[C@@]1(c2cc(CC(=O)c3ccc(Cl)cn3)ccc2F)CS(=O)(=O)[C@](C)(CC2CC2)C(N)=N1. The van der Waals surface area contributed by atoms with Gasteiger partial charge >= 0.3 is 0 Å². The number of nitrogens with zero attached hydrogens (tertiary/aromatic N) is 2. The van der Waals surface area contributed by atoms with Crippen LogP contribution < -0.4 is 5.73 Å². The van der Waals surface area contributed by atoms with Crippen LogP contribution in [0.15, 0.2) is 41.5 Å². The van der Waals surface area contributed by atoms with Gasteiger partial charge in [0.15, 0.2) is 15.6 Å². The molecule has 0 spiro atoms. The summed E-state index contributed by atoms with van der Waals surface area (Å²) in [7, 11) is -3.69. The number of amidine groups is 1. The number of carbonyl (C=O) groups excluding carboxylic acids is 1. The highest BCUT2D eigenvalue weighted by Crippen LogP contribution is 2.45. The normalized spacial score (nSPS) is 27.1. The lowest BCUT2D eigenvalue weighted by Crippen LogP contribution is -2.57. The number of Topliss-reactive ketones (excluding diaryl/α,β-unsaturated/α-hetero) is 1. The number of sulfone groups is 1. The number of aromatic nitrogens is 1. The zero-order valence-electron chi connectivity index (χ0n) is 17.9. The summed E-state index contributed by atoms with van der Waals surface area (Å²) in [5, 5.41) is 0.418. The van der Waals surface area contributed by atoms with E-state index >= 15 is 0 Å². The van der Waals surface area contributed by atoms with E-state index in [1.54, 1.807) is 19.9 Å². The van der Waals surface area contributed by atoms with Gasteiger partial charge in [-0.2, -0.15) is 0 Å². The van der Waals surface area contributed by atoms with Crippen LogP contribution in [-0.2, 0) is 21.8 Å². The Morgan fingerprint density at radius 2 is 1.97 bits per heavy atom. The van der Waals surface area contributed by atoms with Crippen molar-refractivity contribution in [2.75, 3.05) is 5.75 Å². The first-order valence-electron chi connectivity index (χ1n) is 10.5. The first-order valence-corrected chi connectivity index (χ1v) is 12.5. The summed E-state index contributed by atoms with van der Waals surface area (Å²) >= 11 is 5.81. The number of benzene rings is 1. The molecule has 0 amide bonds. The van der Waals surface area contributed by atoms with E-state index in [0.717, 1.165) is 12.8 Å². The van der Waals surface area contributed by atoms with Gasteiger partial charge in [0.25, 0.3) is 0 Å². The van der Waals surface area contributed by atoms with Crippen molar-refractivity contribution in [3.05, 3.63) is 64.2 Å². The van der Waals surface area contributed by atoms with Crippen LogP contribution in [0.3, 0.4) is 0 Å². The first-order chi connectivity index (χ1) is 14.9. The van der Waals surface area contributed by atoms with Crippen LogP contribution >= 0.6 is 11.6 Å². The summed E-state index contributed by atoms with van der Waals surface area (Å²) in [6, 6.07) is 7.32. The minimum atomic E-state index is -3.69. The number of carbonyl (C=O) groups is 1. The molecule has 0 bridgehead atoms. The second-order valence-corrected chi connectivity index (χ2v) is 12.0. The summed E-state index contributed by atoms with van der Waals surface area (Å²) in [5.41, 5.74) is 5.70. The van der Waals surface area contributed by atoms with Gasteiger partial charge in [0.05, 0.1) is 10.8 Å². The predicted molar refractivity (Wildman–Crippen MR) is 122 cm³/mol. The van der Waals surface area contributed by atoms with Gasteiger partial charge in [-0.25, -0.2) is 12.8 Å². The zero-order valence-corrected chi connectivity index (χ0v) is 19.5. The molecule has 2 atom stereocenters. The van der Waals surface area contributed by atoms with E-state index < -0.39 is 25.9 Å². The second-order valence-electron chi connectivity index (χ2n) is 9.18. The number of hydrogen-bond acceptors (Lipinski definition) is 6. The summed E-state index contributed by atoms with van der Waals surface area (Å²) in [5.74, 6) is -0.854. The maximum atomic E-state index is 14.9. The number of pyridine rings is 1. The van der Waals surface area contributed by atoms with Crippen LogP contribution in [0.1, 0.15) is 54.7 Å². The fourth-order valence-corrected chi connectivity index (χ4v) is 6.50. The van der Waals surface area contributed by atoms with Gasteiger partial charge in [-0.15, -0.1) is 0 Å². The molecule has 0 saturated heterocycles. The van der Waals surface area contributed by atoms with E-state index in [0.29, 0.717) is 22.9 Å². The van der Waals surface area contributed by atoms with Crippen molar-refractivity contribution >= 4 is 33.1 Å². The van der Waals surface area contributed by atoms with E-state index in [-0.39, 0.29) is 35.0 Å². The molecular weight excluding hydrogens is 453 g/mol. The highest BCUT2D eigenvalue weighted by molar-refractivity contribution is 7.93. The third kappa shape index (κ3) is 4.18. The number of aliphatic imine (C=N–C) groups is 1. The summed E-state index contributed by atoms with van der Waals surface area (Å²) in [6.07, 6.45) is 3.77. The summed E-state index contributed by atoms with van der Waals surface area (Å²) < 4.78 is 40.2. The molecule has 1 aromatic heterocycles. The van der Waals surface area contributed by atoms with Crippen LogP contribution in [0.4, 0.5) is 4.39 Å². The molecule has 32 heavy (non-hydrogen) atoms. The molecule has 1 aliphatic heterocycles. The molecule has 1 fully saturated rings. The highest BCUT2D eigenvalue weighted by Gasteiger charge is 2.53. The number of nitrogens with two attached hydrogens (primary N) is 1. The number of rotatable bonds is 6. The van der Waals surface area contributed by atoms with Gasteiger partial charge < -0.3 is 5.73 Å². The molecule has 0 unspecified atom stereocenters. The molecule has 170 valence electrons. The van der Waals surface area contributed by atoms with E-state index in [9.17, 15) is 17.6 Å². The molecule has 9 heteroatoms. The first kappa shape index (κ1) is 22.9. The van der Waals surface area contributed by atoms with Crippen LogP contribution in [0.25, 0.3) is 0 Å². The highest BCUT2D eigenvalue weighted by atomic mass is 35.5. The molecule has 2 N–H and O–H groups in total. The minimum Gasteiger partial charge on any atom is -0.386 e. The van der Waals surface area contributed by atoms with E-state index in [1.165, 1.54) is 30.5 Å². The van der Waals surface area contributed by atoms with Gasteiger partial charge in [-0.3, -0.25) is 14.8 Å². The second kappa shape index (κ2) is 7.92. The Labute approximate surface area is 192 Å². The lowest BCUT2D eigenvalue weighted by Gasteiger charge is -2.40. The molecule has 1 saturated carbocycles. The molecule has 2 aliphatic rings. The average Bonchev–Trinajstić information content (AvgIpc) is 3.52. The lowest BCUT2D eigenvalue weighted by atomic mass is 9.90. The van der Waals surface area contributed by atoms with Crippen molar-refractivity contribution in [3.63, 3.8) is 0 Å². The Balaban J connectivity index is 1.67. The Morgan fingerprint density at radius 3 is 2.56 bits per heavy atom. The summed E-state index contributed by atoms with van der Waals surface area (Å²) in [4.78, 5) is 21.1. The molecule has 2 aromatic rings.